The van der Waals surface area contributed by atoms with Gasteiger partial charge in [-0.15, -0.1) is 0 Å². The van der Waals surface area contributed by atoms with Crippen LogP contribution in [0.5, 0.6) is 0 Å². The van der Waals surface area contributed by atoms with E-state index in [1.807, 2.05) is 37.3 Å². The average Bonchev–Trinajstić information content (AvgIpc) is 2.29. The fourth-order valence-corrected chi connectivity index (χ4v) is 2.02. The Hall–Kier alpha value is -1.06. The minimum absolute atomic E-state index is 0.160. The third kappa shape index (κ3) is 3.83. The van der Waals surface area contributed by atoms with Crippen LogP contribution in [0.1, 0.15) is 19.8 Å². The summed E-state index contributed by atoms with van der Waals surface area (Å²) in [5.74, 6) is 0. The van der Waals surface area contributed by atoms with Crippen molar-refractivity contribution in [2.24, 2.45) is 0 Å². The van der Waals surface area contributed by atoms with E-state index in [0.717, 1.165) is 23.1 Å². The smallest absolute Gasteiger partial charge is 0.222 e. The number of carbonyl (C=O) groups is 1. The Morgan fingerprint density at radius 3 is 2.62 bits per heavy atom. The normalized spacial score (nSPS) is 12.1. The molecular formula is C13H16O2S. The standard InChI is InChI=1S/C13H16O2S/c1-3-7-12(14)10(2)13(15)16-11-8-5-4-6-9-11/h4-6,8-9,12,14H,2-3,7H2,1H3. The van der Waals surface area contributed by atoms with E-state index in [9.17, 15) is 9.90 Å². The molecule has 3 heteroatoms. The molecule has 1 aromatic rings. The first-order valence-corrected chi connectivity index (χ1v) is 6.11. The van der Waals surface area contributed by atoms with Crippen molar-refractivity contribution < 1.29 is 9.90 Å². The van der Waals surface area contributed by atoms with Crippen LogP contribution in [0.15, 0.2) is 47.4 Å². The van der Waals surface area contributed by atoms with Crippen LogP contribution in [-0.2, 0) is 4.79 Å². The highest BCUT2D eigenvalue weighted by Gasteiger charge is 2.16. The van der Waals surface area contributed by atoms with Gasteiger partial charge in [-0.05, 0) is 30.3 Å². The highest BCUT2D eigenvalue weighted by atomic mass is 32.2. The van der Waals surface area contributed by atoms with E-state index in [2.05, 4.69) is 6.58 Å². The lowest BCUT2D eigenvalue weighted by Crippen LogP contribution is -2.14. The minimum Gasteiger partial charge on any atom is -0.388 e. The molecule has 0 aromatic heterocycles. The van der Waals surface area contributed by atoms with Gasteiger partial charge in [0.1, 0.15) is 0 Å². The summed E-state index contributed by atoms with van der Waals surface area (Å²) in [4.78, 5) is 12.6. The van der Waals surface area contributed by atoms with Crippen molar-refractivity contribution in [1.29, 1.82) is 0 Å². The molecule has 16 heavy (non-hydrogen) atoms. The van der Waals surface area contributed by atoms with Gasteiger partial charge in [-0.3, -0.25) is 4.79 Å². The van der Waals surface area contributed by atoms with Crippen LogP contribution in [0.3, 0.4) is 0 Å². The summed E-state index contributed by atoms with van der Waals surface area (Å²) in [7, 11) is 0. The van der Waals surface area contributed by atoms with Gasteiger partial charge in [0, 0.05) is 10.5 Å². The summed E-state index contributed by atoms with van der Waals surface area (Å²) < 4.78 is 0. The summed E-state index contributed by atoms with van der Waals surface area (Å²) in [6.07, 6.45) is 0.706. The average molecular weight is 236 g/mol. The van der Waals surface area contributed by atoms with Crippen molar-refractivity contribution in [2.75, 3.05) is 0 Å². The number of thioether (sulfide) groups is 1. The Labute approximate surface area is 100 Å². The first kappa shape index (κ1) is 13.0. The van der Waals surface area contributed by atoms with Gasteiger partial charge in [0.25, 0.3) is 0 Å². The van der Waals surface area contributed by atoms with Gasteiger partial charge < -0.3 is 5.11 Å². The molecule has 1 atom stereocenters. The summed E-state index contributed by atoms with van der Waals surface area (Å²) in [6, 6.07) is 9.38. The molecule has 0 spiro atoms. The van der Waals surface area contributed by atoms with Crippen LogP contribution in [-0.4, -0.2) is 16.3 Å². The molecule has 0 aliphatic rings. The first-order valence-electron chi connectivity index (χ1n) is 5.29. The zero-order chi connectivity index (χ0) is 12.0. The number of hydrogen-bond donors (Lipinski definition) is 1. The van der Waals surface area contributed by atoms with E-state index in [-0.39, 0.29) is 10.7 Å². The lowest BCUT2D eigenvalue weighted by Gasteiger charge is -2.10. The predicted molar refractivity (Wildman–Crippen MR) is 67.4 cm³/mol. The van der Waals surface area contributed by atoms with Crippen molar-refractivity contribution in [2.45, 2.75) is 30.8 Å². The van der Waals surface area contributed by atoms with Crippen LogP contribution < -0.4 is 0 Å². The van der Waals surface area contributed by atoms with E-state index >= 15 is 0 Å². The lowest BCUT2D eigenvalue weighted by atomic mass is 10.1. The van der Waals surface area contributed by atoms with E-state index in [1.165, 1.54) is 0 Å². The second-order valence-electron chi connectivity index (χ2n) is 3.53. The maximum atomic E-state index is 11.7. The maximum absolute atomic E-state index is 11.7. The molecule has 1 N–H and O–H groups in total. The zero-order valence-corrected chi connectivity index (χ0v) is 10.2. The van der Waals surface area contributed by atoms with Gasteiger partial charge in [0.05, 0.1) is 6.10 Å². The molecular weight excluding hydrogens is 220 g/mol. The number of aliphatic hydroxyl groups is 1. The Balaban J connectivity index is 2.56. The van der Waals surface area contributed by atoms with Crippen molar-refractivity contribution >= 4 is 16.9 Å². The van der Waals surface area contributed by atoms with Crippen molar-refractivity contribution in [3.8, 4) is 0 Å². The zero-order valence-electron chi connectivity index (χ0n) is 9.35. The fraction of sp³-hybridized carbons (Fsp3) is 0.308. The van der Waals surface area contributed by atoms with Crippen LogP contribution in [0.2, 0.25) is 0 Å². The van der Waals surface area contributed by atoms with Gasteiger partial charge in [0.15, 0.2) is 0 Å². The van der Waals surface area contributed by atoms with Gasteiger partial charge in [-0.2, -0.15) is 0 Å². The summed E-state index contributed by atoms with van der Waals surface area (Å²) >= 11 is 1.11. The molecule has 0 aliphatic carbocycles. The van der Waals surface area contributed by atoms with Gasteiger partial charge in [0.2, 0.25) is 5.12 Å². The second-order valence-corrected chi connectivity index (χ2v) is 4.58. The molecule has 0 amide bonds. The van der Waals surface area contributed by atoms with Crippen molar-refractivity contribution in [3.63, 3.8) is 0 Å². The number of carbonyl (C=O) groups excluding carboxylic acids is 1. The molecule has 2 nitrogen and oxygen atoms in total. The van der Waals surface area contributed by atoms with Crippen LogP contribution in [0.4, 0.5) is 0 Å². The highest BCUT2D eigenvalue weighted by Crippen LogP contribution is 2.23. The Morgan fingerprint density at radius 2 is 2.06 bits per heavy atom. The molecule has 86 valence electrons. The number of benzene rings is 1. The molecule has 0 saturated heterocycles. The molecule has 0 fully saturated rings. The molecule has 0 heterocycles. The molecule has 0 bridgehead atoms. The Kier molecular flexibility index (Phi) is 5.29. The molecule has 1 unspecified atom stereocenters. The topological polar surface area (TPSA) is 37.3 Å². The Bertz CT molecular complexity index is 359. The molecule has 0 saturated carbocycles. The number of aliphatic hydroxyl groups excluding tert-OH is 1. The monoisotopic (exact) mass is 236 g/mol. The lowest BCUT2D eigenvalue weighted by molar-refractivity contribution is -0.108. The molecule has 0 aliphatic heterocycles. The van der Waals surface area contributed by atoms with Crippen LogP contribution in [0.25, 0.3) is 0 Å². The summed E-state index contributed by atoms with van der Waals surface area (Å²) in [5.41, 5.74) is 0.288. The van der Waals surface area contributed by atoms with Crippen LogP contribution >= 0.6 is 11.8 Å². The van der Waals surface area contributed by atoms with Crippen molar-refractivity contribution in [1.82, 2.24) is 0 Å². The first-order chi connectivity index (χ1) is 7.65. The summed E-state index contributed by atoms with van der Waals surface area (Å²) in [5, 5.41) is 9.47. The third-order valence-electron chi connectivity index (χ3n) is 2.18. The number of hydrogen-bond acceptors (Lipinski definition) is 3. The predicted octanol–water partition coefficient (Wildman–Crippen LogP) is 3.02. The quantitative estimate of drug-likeness (QED) is 0.630. The van der Waals surface area contributed by atoms with Gasteiger partial charge >= 0.3 is 0 Å². The fourth-order valence-electron chi connectivity index (χ4n) is 1.24. The molecule has 1 rings (SSSR count). The molecule has 0 radical (unpaired) electrons. The van der Waals surface area contributed by atoms with Gasteiger partial charge in [-0.1, -0.05) is 38.1 Å². The van der Waals surface area contributed by atoms with E-state index < -0.39 is 6.10 Å². The highest BCUT2D eigenvalue weighted by molar-refractivity contribution is 8.14. The third-order valence-corrected chi connectivity index (χ3v) is 3.14. The van der Waals surface area contributed by atoms with E-state index in [4.69, 9.17) is 0 Å². The Morgan fingerprint density at radius 1 is 1.44 bits per heavy atom. The van der Waals surface area contributed by atoms with E-state index in [0.29, 0.717) is 6.42 Å². The van der Waals surface area contributed by atoms with Crippen LogP contribution in [0, 0.1) is 0 Å². The maximum Gasteiger partial charge on any atom is 0.222 e. The second kappa shape index (κ2) is 6.51. The molecule has 1 aromatic carbocycles. The van der Waals surface area contributed by atoms with E-state index in [1.54, 1.807) is 0 Å². The number of rotatable bonds is 5. The largest absolute Gasteiger partial charge is 0.388 e. The minimum atomic E-state index is -0.714. The van der Waals surface area contributed by atoms with Gasteiger partial charge in [-0.25, -0.2) is 0 Å². The summed E-state index contributed by atoms with van der Waals surface area (Å²) in [6.45, 7) is 5.61. The van der Waals surface area contributed by atoms with Crippen molar-refractivity contribution in [3.05, 3.63) is 42.5 Å². The SMILES string of the molecule is C=C(C(=O)Sc1ccccc1)C(O)CCC.